The van der Waals surface area contributed by atoms with Gasteiger partial charge in [0.2, 0.25) is 11.8 Å². The molecule has 1 aromatic rings. The number of piperidine rings is 1. The van der Waals surface area contributed by atoms with E-state index in [2.05, 4.69) is 10.6 Å². The van der Waals surface area contributed by atoms with Crippen LogP contribution >= 0.6 is 11.6 Å². The van der Waals surface area contributed by atoms with Gasteiger partial charge in [0.25, 0.3) is 5.91 Å². The average Bonchev–Trinajstić information content (AvgIpc) is 2.65. The fourth-order valence-electron chi connectivity index (χ4n) is 2.75. The Hall–Kier alpha value is -2.54. The molecule has 3 amide bonds. The van der Waals surface area contributed by atoms with Crippen LogP contribution in [0.3, 0.4) is 0 Å². The summed E-state index contributed by atoms with van der Waals surface area (Å²) in [5, 5.41) is 5.90. The van der Waals surface area contributed by atoms with Crippen molar-refractivity contribution in [1.29, 1.82) is 0 Å². The largest absolute Gasteiger partial charge is 0.403 e. The van der Waals surface area contributed by atoms with Crippen LogP contribution in [0.2, 0.25) is 5.02 Å². The van der Waals surface area contributed by atoms with E-state index in [1.807, 2.05) is 0 Å². The minimum atomic E-state index is -0.461. The van der Waals surface area contributed by atoms with E-state index in [1.165, 1.54) is 6.92 Å². The van der Waals surface area contributed by atoms with Crippen LogP contribution in [0.1, 0.15) is 25.3 Å². The van der Waals surface area contributed by atoms with Gasteiger partial charge in [0, 0.05) is 43.7 Å². The van der Waals surface area contributed by atoms with Crippen molar-refractivity contribution in [2.45, 2.75) is 26.3 Å². The molecule has 0 unspecified atom stereocenters. The van der Waals surface area contributed by atoms with E-state index < -0.39 is 5.91 Å². The summed E-state index contributed by atoms with van der Waals surface area (Å²) in [6.45, 7) is 2.89. The summed E-state index contributed by atoms with van der Waals surface area (Å²) in [4.78, 5) is 37.6. The first-order valence-electron chi connectivity index (χ1n) is 8.41. The molecule has 1 fully saturated rings. The second kappa shape index (κ2) is 9.24. The molecule has 0 saturated carbocycles. The zero-order valence-corrected chi connectivity index (χ0v) is 15.4. The number of carbonyl (C=O) groups excluding carboxylic acids is 3. The lowest BCUT2D eigenvalue weighted by atomic mass is 9.96. The van der Waals surface area contributed by atoms with Gasteiger partial charge in [-0.05, 0) is 30.5 Å². The molecule has 1 aliphatic heterocycles. The highest BCUT2D eigenvalue weighted by atomic mass is 35.5. The monoisotopic (exact) mass is 378 g/mol. The van der Waals surface area contributed by atoms with Crippen molar-refractivity contribution in [2.24, 2.45) is 11.7 Å². The van der Waals surface area contributed by atoms with Crippen molar-refractivity contribution in [3.05, 3.63) is 46.7 Å². The Labute approximate surface area is 157 Å². The number of nitrogens with two attached hydrogens (primary N) is 1. The molecule has 1 saturated heterocycles. The van der Waals surface area contributed by atoms with E-state index in [9.17, 15) is 14.4 Å². The van der Waals surface area contributed by atoms with Crippen LogP contribution < -0.4 is 16.4 Å². The third kappa shape index (κ3) is 5.49. The SMILES string of the molecule is CC(=O)N1CCC(C(=O)N/C(=C/N)C(=O)NCc2ccc(Cl)cc2)CC1. The number of rotatable bonds is 5. The van der Waals surface area contributed by atoms with E-state index in [0.29, 0.717) is 37.5 Å². The smallest absolute Gasteiger partial charge is 0.269 e. The molecular weight excluding hydrogens is 356 g/mol. The fourth-order valence-corrected chi connectivity index (χ4v) is 2.87. The van der Waals surface area contributed by atoms with E-state index in [4.69, 9.17) is 17.3 Å². The molecule has 0 atom stereocenters. The third-order valence-electron chi connectivity index (χ3n) is 4.35. The van der Waals surface area contributed by atoms with Gasteiger partial charge in [0.1, 0.15) is 5.70 Å². The first kappa shape index (κ1) is 19.8. The second-order valence-electron chi connectivity index (χ2n) is 6.16. The van der Waals surface area contributed by atoms with E-state index in [0.717, 1.165) is 11.8 Å². The van der Waals surface area contributed by atoms with Gasteiger partial charge in [-0.3, -0.25) is 14.4 Å². The van der Waals surface area contributed by atoms with Crippen molar-refractivity contribution in [2.75, 3.05) is 13.1 Å². The van der Waals surface area contributed by atoms with Crippen LogP contribution in [0.4, 0.5) is 0 Å². The van der Waals surface area contributed by atoms with Crippen molar-refractivity contribution >= 4 is 29.3 Å². The Morgan fingerprint density at radius 3 is 2.38 bits per heavy atom. The highest BCUT2D eigenvalue weighted by molar-refractivity contribution is 6.30. The number of carbonyl (C=O) groups is 3. The Bertz CT molecular complexity index is 695. The van der Waals surface area contributed by atoms with Crippen LogP contribution in [0.5, 0.6) is 0 Å². The first-order valence-corrected chi connectivity index (χ1v) is 8.79. The summed E-state index contributed by atoms with van der Waals surface area (Å²) in [6.07, 6.45) is 2.21. The van der Waals surface area contributed by atoms with Crippen LogP contribution in [-0.2, 0) is 20.9 Å². The number of nitrogens with zero attached hydrogens (tertiary/aromatic N) is 1. The molecule has 0 aromatic heterocycles. The molecule has 1 aliphatic rings. The predicted molar refractivity (Wildman–Crippen MR) is 98.7 cm³/mol. The van der Waals surface area contributed by atoms with Gasteiger partial charge in [-0.25, -0.2) is 0 Å². The molecular formula is C18H23ClN4O3. The lowest BCUT2D eigenvalue weighted by Crippen LogP contribution is -2.43. The first-order chi connectivity index (χ1) is 12.4. The summed E-state index contributed by atoms with van der Waals surface area (Å²) in [7, 11) is 0. The van der Waals surface area contributed by atoms with Gasteiger partial charge in [0.15, 0.2) is 0 Å². The highest BCUT2D eigenvalue weighted by Crippen LogP contribution is 2.17. The maximum Gasteiger partial charge on any atom is 0.269 e. The molecule has 0 bridgehead atoms. The van der Waals surface area contributed by atoms with Crippen LogP contribution in [0, 0.1) is 5.92 Å². The number of nitrogens with one attached hydrogen (secondary N) is 2. The van der Waals surface area contributed by atoms with Gasteiger partial charge in [-0.15, -0.1) is 0 Å². The van der Waals surface area contributed by atoms with Crippen LogP contribution in [0.25, 0.3) is 0 Å². The summed E-state index contributed by atoms with van der Waals surface area (Å²) in [5.41, 5.74) is 6.38. The molecule has 8 heteroatoms. The summed E-state index contributed by atoms with van der Waals surface area (Å²) in [5.74, 6) is -0.957. The minimum Gasteiger partial charge on any atom is -0.403 e. The van der Waals surface area contributed by atoms with Gasteiger partial charge in [-0.1, -0.05) is 23.7 Å². The molecule has 0 aliphatic carbocycles. The summed E-state index contributed by atoms with van der Waals surface area (Å²) in [6, 6.07) is 7.07. The molecule has 26 heavy (non-hydrogen) atoms. The Morgan fingerprint density at radius 1 is 1.23 bits per heavy atom. The summed E-state index contributed by atoms with van der Waals surface area (Å²) >= 11 is 5.82. The van der Waals surface area contributed by atoms with Crippen molar-refractivity contribution in [1.82, 2.24) is 15.5 Å². The quantitative estimate of drug-likeness (QED) is 0.668. The molecule has 0 radical (unpaired) electrons. The molecule has 4 N–H and O–H groups in total. The van der Waals surface area contributed by atoms with Crippen LogP contribution in [0.15, 0.2) is 36.2 Å². The van der Waals surface area contributed by atoms with Crippen molar-refractivity contribution in [3.63, 3.8) is 0 Å². The maximum atomic E-state index is 12.4. The number of hydrogen-bond donors (Lipinski definition) is 3. The minimum absolute atomic E-state index is 0.00739. The van der Waals surface area contributed by atoms with Crippen LogP contribution in [-0.4, -0.2) is 35.7 Å². The lowest BCUT2D eigenvalue weighted by molar-refractivity contribution is -0.133. The number of amides is 3. The average molecular weight is 379 g/mol. The fraction of sp³-hybridized carbons (Fsp3) is 0.389. The van der Waals surface area contributed by atoms with Crippen molar-refractivity contribution in [3.8, 4) is 0 Å². The number of benzene rings is 1. The van der Waals surface area contributed by atoms with Gasteiger partial charge < -0.3 is 21.3 Å². The van der Waals surface area contributed by atoms with E-state index in [1.54, 1.807) is 29.2 Å². The topological polar surface area (TPSA) is 105 Å². The second-order valence-corrected chi connectivity index (χ2v) is 6.60. The molecule has 0 spiro atoms. The zero-order valence-electron chi connectivity index (χ0n) is 14.6. The molecule has 1 aromatic carbocycles. The molecule has 7 nitrogen and oxygen atoms in total. The molecule has 2 rings (SSSR count). The number of hydrogen-bond acceptors (Lipinski definition) is 4. The standard InChI is InChI=1S/C18H23ClN4O3/c1-12(24)23-8-6-14(7-9-23)17(25)22-16(10-20)18(26)21-11-13-2-4-15(19)5-3-13/h2-5,10,14H,6-9,11,20H2,1H3,(H,21,26)(H,22,25)/b16-10+. The maximum absolute atomic E-state index is 12.4. The Kier molecular flexibility index (Phi) is 7.03. The number of halogens is 1. The third-order valence-corrected chi connectivity index (χ3v) is 4.60. The Morgan fingerprint density at radius 2 is 1.85 bits per heavy atom. The Balaban J connectivity index is 1.84. The molecule has 1 heterocycles. The lowest BCUT2D eigenvalue weighted by Gasteiger charge is -2.30. The van der Waals surface area contributed by atoms with Gasteiger partial charge >= 0.3 is 0 Å². The van der Waals surface area contributed by atoms with Gasteiger partial charge in [-0.2, -0.15) is 0 Å². The zero-order chi connectivity index (χ0) is 19.1. The summed E-state index contributed by atoms with van der Waals surface area (Å²) < 4.78 is 0. The highest BCUT2D eigenvalue weighted by Gasteiger charge is 2.27. The van der Waals surface area contributed by atoms with E-state index >= 15 is 0 Å². The molecule has 140 valence electrons. The van der Waals surface area contributed by atoms with Crippen molar-refractivity contribution < 1.29 is 14.4 Å². The normalized spacial score (nSPS) is 15.5. The van der Waals surface area contributed by atoms with E-state index in [-0.39, 0.29) is 23.4 Å². The van der Waals surface area contributed by atoms with Gasteiger partial charge in [0.05, 0.1) is 0 Å². The number of likely N-dealkylation sites (tertiary alicyclic amines) is 1. The predicted octanol–water partition coefficient (Wildman–Crippen LogP) is 1.13.